The zero-order valence-corrected chi connectivity index (χ0v) is 14.1. The number of rotatable bonds is 6. The molecule has 0 saturated carbocycles. The molecular weight excluding hydrogens is 338 g/mol. The van der Waals surface area contributed by atoms with Crippen molar-refractivity contribution in [2.75, 3.05) is 6.54 Å². The molecule has 0 saturated heterocycles. The van der Waals surface area contributed by atoms with E-state index < -0.39 is 0 Å². The van der Waals surface area contributed by atoms with Gasteiger partial charge >= 0.3 is 0 Å². The number of aryl methyl sites for hydroxylation is 1. The van der Waals surface area contributed by atoms with Gasteiger partial charge in [-0.2, -0.15) is 5.10 Å². The fourth-order valence-electron chi connectivity index (χ4n) is 2.23. The quantitative estimate of drug-likeness (QED) is 0.831. The van der Waals surface area contributed by atoms with E-state index >= 15 is 0 Å². The molecule has 1 aromatic carbocycles. The van der Waals surface area contributed by atoms with Crippen molar-refractivity contribution in [3.63, 3.8) is 0 Å². The lowest BCUT2D eigenvalue weighted by Crippen LogP contribution is -2.22. The highest BCUT2D eigenvalue weighted by Crippen LogP contribution is 2.30. The maximum atomic E-state index is 6.02. The van der Waals surface area contributed by atoms with E-state index in [1.165, 1.54) is 11.1 Å². The van der Waals surface area contributed by atoms with Gasteiger partial charge in [0.25, 0.3) is 0 Å². The van der Waals surface area contributed by atoms with E-state index in [1.807, 2.05) is 23.0 Å². The minimum Gasteiger partial charge on any atom is -0.306 e. The van der Waals surface area contributed by atoms with E-state index in [4.69, 9.17) is 11.6 Å². The van der Waals surface area contributed by atoms with Crippen LogP contribution in [-0.2, 0) is 6.54 Å². The molecule has 0 spiro atoms. The lowest BCUT2D eigenvalue weighted by atomic mass is 10.0. The summed E-state index contributed by atoms with van der Waals surface area (Å²) in [5, 5.41) is 8.66. The largest absolute Gasteiger partial charge is 0.306 e. The molecule has 5 heteroatoms. The van der Waals surface area contributed by atoms with Crippen LogP contribution in [0.2, 0.25) is 5.02 Å². The van der Waals surface area contributed by atoms with E-state index in [9.17, 15) is 0 Å². The summed E-state index contributed by atoms with van der Waals surface area (Å²) in [4.78, 5) is 0. The van der Waals surface area contributed by atoms with Crippen LogP contribution in [-0.4, -0.2) is 16.3 Å². The van der Waals surface area contributed by atoms with Crippen molar-refractivity contribution in [1.82, 2.24) is 15.1 Å². The minimum atomic E-state index is 0.122. The summed E-state index contributed by atoms with van der Waals surface area (Å²) in [6, 6.07) is 6.02. The Labute approximate surface area is 133 Å². The first-order chi connectivity index (χ1) is 9.65. The van der Waals surface area contributed by atoms with E-state index in [2.05, 4.69) is 52.5 Å². The monoisotopic (exact) mass is 355 g/mol. The number of nitrogens with one attached hydrogen (secondary N) is 1. The summed E-state index contributed by atoms with van der Waals surface area (Å²) >= 11 is 9.62. The van der Waals surface area contributed by atoms with Crippen LogP contribution in [0.15, 0.2) is 35.1 Å². The van der Waals surface area contributed by atoms with Gasteiger partial charge in [0.05, 0.1) is 12.2 Å². The lowest BCUT2D eigenvalue weighted by molar-refractivity contribution is 0.597. The first-order valence-electron chi connectivity index (χ1n) is 6.86. The number of benzene rings is 1. The average molecular weight is 357 g/mol. The van der Waals surface area contributed by atoms with Gasteiger partial charge in [0, 0.05) is 27.8 Å². The number of hydrogen-bond donors (Lipinski definition) is 1. The van der Waals surface area contributed by atoms with Gasteiger partial charge in [0.1, 0.15) is 0 Å². The lowest BCUT2D eigenvalue weighted by Gasteiger charge is -2.18. The highest BCUT2D eigenvalue weighted by molar-refractivity contribution is 9.10. The maximum absolute atomic E-state index is 6.02. The van der Waals surface area contributed by atoms with Crippen LogP contribution >= 0.6 is 27.5 Å². The van der Waals surface area contributed by atoms with Gasteiger partial charge < -0.3 is 5.32 Å². The summed E-state index contributed by atoms with van der Waals surface area (Å²) in [7, 11) is 0. The number of hydrogen-bond acceptors (Lipinski definition) is 2. The predicted molar refractivity (Wildman–Crippen MR) is 87.2 cm³/mol. The Morgan fingerprint density at radius 3 is 2.85 bits per heavy atom. The molecule has 2 aromatic rings. The molecule has 1 N–H and O–H groups in total. The molecule has 0 radical (unpaired) electrons. The molecule has 0 amide bonds. The van der Waals surface area contributed by atoms with Crippen LogP contribution in [0.3, 0.4) is 0 Å². The van der Waals surface area contributed by atoms with Gasteiger partial charge in [-0.3, -0.25) is 4.68 Å². The normalized spacial score (nSPS) is 12.6. The predicted octanol–water partition coefficient (Wildman–Crippen LogP) is 4.41. The van der Waals surface area contributed by atoms with Gasteiger partial charge in [-0.15, -0.1) is 0 Å². The van der Waals surface area contributed by atoms with Gasteiger partial charge in [-0.25, -0.2) is 0 Å². The highest BCUT2D eigenvalue weighted by atomic mass is 79.9. The van der Waals surface area contributed by atoms with E-state index in [1.54, 1.807) is 0 Å². The van der Waals surface area contributed by atoms with E-state index in [0.29, 0.717) is 0 Å². The first kappa shape index (κ1) is 15.5. The molecule has 1 heterocycles. The van der Waals surface area contributed by atoms with Crippen LogP contribution in [0.25, 0.3) is 0 Å². The summed E-state index contributed by atoms with van der Waals surface area (Å²) in [5.74, 6) is 0. The Morgan fingerprint density at radius 2 is 2.20 bits per heavy atom. The summed E-state index contributed by atoms with van der Waals surface area (Å²) in [5.41, 5.74) is 2.34. The topological polar surface area (TPSA) is 29.9 Å². The highest BCUT2D eigenvalue weighted by Gasteiger charge is 2.17. The second-order valence-electron chi connectivity index (χ2n) is 4.69. The fourth-order valence-corrected chi connectivity index (χ4v) is 3.14. The molecule has 1 aromatic heterocycles. The van der Waals surface area contributed by atoms with E-state index in [0.717, 1.165) is 29.0 Å². The maximum Gasteiger partial charge on any atom is 0.0618 e. The van der Waals surface area contributed by atoms with Crippen molar-refractivity contribution in [2.24, 2.45) is 0 Å². The van der Waals surface area contributed by atoms with Crippen LogP contribution < -0.4 is 5.32 Å². The number of aromatic nitrogens is 2. The Morgan fingerprint density at radius 1 is 1.40 bits per heavy atom. The molecule has 108 valence electrons. The van der Waals surface area contributed by atoms with Crippen molar-refractivity contribution in [1.29, 1.82) is 0 Å². The molecule has 20 heavy (non-hydrogen) atoms. The SMILES string of the molecule is CCCn1cc(C(NCC)c2ccc(Cl)cc2Br)cn1. The van der Waals surface area contributed by atoms with Gasteiger partial charge in [0.2, 0.25) is 0 Å². The first-order valence-corrected chi connectivity index (χ1v) is 8.03. The molecule has 0 bridgehead atoms. The Kier molecular flexibility index (Phi) is 5.64. The van der Waals surface area contributed by atoms with Crippen molar-refractivity contribution in [3.05, 3.63) is 51.2 Å². The molecule has 3 nitrogen and oxygen atoms in total. The standard InChI is InChI=1S/C15H19BrClN3/c1-3-7-20-10-11(9-19-20)15(18-4-2)13-6-5-12(17)8-14(13)16/h5-6,8-10,15,18H,3-4,7H2,1-2H3. The van der Waals surface area contributed by atoms with Crippen molar-refractivity contribution in [3.8, 4) is 0 Å². The third-order valence-corrected chi connectivity index (χ3v) is 4.04. The summed E-state index contributed by atoms with van der Waals surface area (Å²) < 4.78 is 3.00. The molecular formula is C15H19BrClN3. The third kappa shape index (κ3) is 3.62. The average Bonchev–Trinajstić information content (AvgIpc) is 2.86. The number of nitrogens with zero attached hydrogens (tertiary/aromatic N) is 2. The smallest absolute Gasteiger partial charge is 0.0618 e. The zero-order valence-electron chi connectivity index (χ0n) is 11.7. The molecule has 2 rings (SSSR count). The van der Waals surface area contributed by atoms with Crippen molar-refractivity contribution < 1.29 is 0 Å². The second-order valence-corrected chi connectivity index (χ2v) is 5.98. The summed E-state index contributed by atoms with van der Waals surface area (Å²) in [6.45, 7) is 6.09. The molecule has 0 aliphatic rings. The minimum absolute atomic E-state index is 0.122. The van der Waals surface area contributed by atoms with Crippen LogP contribution in [0.1, 0.15) is 37.4 Å². The molecule has 1 atom stereocenters. The van der Waals surface area contributed by atoms with Gasteiger partial charge in [-0.1, -0.05) is 47.4 Å². The third-order valence-electron chi connectivity index (χ3n) is 3.12. The Balaban J connectivity index is 2.34. The molecule has 0 fully saturated rings. The Bertz CT molecular complexity index is 568. The van der Waals surface area contributed by atoms with Crippen molar-refractivity contribution in [2.45, 2.75) is 32.9 Å². The molecule has 1 unspecified atom stereocenters. The molecule has 0 aliphatic heterocycles. The van der Waals surface area contributed by atoms with Crippen molar-refractivity contribution >= 4 is 27.5 Å². The van der Waals surface area contributed by atoms with Crippen LogP contribution in [0.5, 0.6) is 0 Å². The van der Waals surface area contributed by atoms with Gasteiger partial charge in [0.15, 0.2) is 0 Å². The number of halogens is 2. The summed E-state index contributed by atoms with van der Waals surface area (Å²) in [6.07, 6.45) is 5.12. The van der Waals surface area contributed by atoms with Crippen LogP contribution in [0, 0.1) is 0 Å². The zero-order chi connectivity index (χ0) is 14.5. The van der Waals surface area contributed by atoms with Crippen LogP contribution in [0.4, 0.5) is 0 Å². The fraction of sp³-hybridized carbons (Fsp3) is 0.400. The Hall–Kier alpha value is -0.840. The van der Waals surface area contributed by atoms with Gasteiger partial charge in [-0.05, 0) is 30.7 Å². The second kappa shape index (κ2) is 7.25. The molecule has 0 aliphatic carbocycles. The van der Waals surface area contributed by atoms with E-state index in [-0.39, 0.29) is 6.04 Å².